The topological polar surface area (TPSA) is 90.7 Å². The van der Waals surface area contributed by atoms with Crippen molar-refractivity contribution in [3.63, 3.8) is 0 Å². The Balaban J connectivity index is 3.59. The number of hydrogen-bond donors (Lipinski definition) is 1. The summed E-state index contributed by atoms with van der Waals surface area (Å²) in [4.78, 5) is 23.1. The maximum atomic E-state index is 12.3. The Morgan fingerprint density at radius 1 is 1.48 bits per heavy atom. The molecule has 0 saturated carbocycles. The van der Waals surface area contributed by atoms with E-state index in [1.165, 1.54) is 13.2 Å². The van der Waals surface area contributed by atoms with Crippen molar-refractivity contribution < 1.29 is 19.2 Å². The predicted octanol–water partition coefficient (Wildman–Crippen LogP) is 4.86. The number of nitrogens with zero attached hydrogens (tertiary/aromatic N) is 1. The van der Waals surface area contributed by atoms with Crippen LogP contribution in [0.1, 0.15) is 45.8 Å². The SMILES string of the molecule is CCCNc1c([N+](=O)[O-])cc(Br)c(C(OC(C)(C)C)C(=O)OC)c1Cl. The van der Waals surface area contributed by atoms with E-state index in [0.717, 1.165) is 6.42 Å². The summed E-state index contributed by atoms with van der Waals surface area (Å²) in [6.45, 7) is 7.77. The molecule has 1 atom stereocenters. The number of nitrogens with one attached hydrogen (secondary N) is 1. The summed E-state index contributed by atoms with van der Waals surface area (Å²) in [5.41, 5.74) is -0.417. The lowest BCUT2D eigenvalue weighted by Gasteiger charge is -2.27. The second-order valence-corrected chi connectivity index (χ2v) is 7.53. The zero-order chi connectivity index (χ0) is 19.4. The van der Waals surface area contributed by atoms with Gasteiger partial charge in [0.25, 0.3) is 5.69 Å². The molecule has 0 fully saturated rings. The van der Waals surface area contributed by atoms with E-state index in [-0.39, 0.29) is 22.0 Å². The van der Waals surface area contributed by atoms with Gasteiger partial charge >= 0.3 is 5.97 Å². The Hall–Kier alpha value is -1.38. The highest BCUT2D eigenvalue weighted by atomic mass is 79.9. The molecular weight excluding hydrogens is 416 g/mol. The summed E-state index contributed by atoms with van der Waals surface area (Å²) in [5.74, 6) is -0.646. The number of esters is 1. The van der Waals surface area contributed by atoms with E-state index in [4.69, 9.17) is 21.1 Å². The zero-order valence-electron chi connectivity index (χ0n) is 14.8. The fourth-order valence-electron chi connectivity index (χ4n) is 2.11. The fourth-order valence-corrected chi connectivity index (χ4v) is 3.21. The van der Waals surface area contributed by atoms with Gasteiger partial charge in [-0.25, -0.2) is 4.79 Å². The summed E-state index contributed by atoms with van der Waals surface area (Å²) < 4.78 is 10.9. The summed E-state index contributed by atoms with van der Waals surface area (Å²) >= 11 is 9.71. The fraction of sp³-hybridized carbons (Fsp3) is 0.562. The van der Waals surface area contributed by atoms with E-state index in [1.54, 1.807) is 20.8 Å². The third-order valence-electron chi connectivity index (χ3n) is 3.13. The van der Waals surface area contributed by atoms with E-state index in [1.807, 2.05) is 6.92 Å². The molecule has 0 aliphatic heterocycles. The molecule has 1 rings (SSSR count). The number of hydrogen-bond acceptors (Lipinski definition) is 6. The average molecular weight is 438 g/mol. The molecule has 0 amide bonds. The number of benzene rings is 1. The maximum Gasteiger partial charge on any atom is 0.339 e. The normalized spacial score (nSPS) is 12.6. The first-order valence-corrected chi connectivity index (χ1v) is 8.86. The molecule has 0 heterocycles. The molecule has 0 aliphatic carbocycles. The van der Waals surface area contributed by atoms with Crippen LogP contribution in [0.4, 0.5) is 11.4 Å². The van der Waals surface area contributed by atoms with Crippen LogP contribution < -0.4 is 5.32 Å². The third kappa shape index (κ3) is 5.55. The van der Waals surface area contributed by atoms with Gasteiger partial charge in [-0.15, -0.1) is 0 Å². The zero-order valence-corrected chi connectivity index (χ0v) is 17.2. The molecular formula is C16H22BrClN2O5. The Morgan fingerprint density at radius 3 is 2.52 bits per heavy atom. The van der Waals surface area contributed by atoms with E-state index in [9.17, 15) is 14.9 Å². The molecule has 9 heteroatoms. The van der Waals surface area contributed by atoms with Crippen molar-refractivity contribution in [1.82, 2.24) is 0 Å². The molecule has 1 unspecified atom stereocenters. The van der Waals surface area contributed by atoms with Crippen molar-refractivity contribution >= 4 is 44.9 Å². The number of carbonyl (C=O) groups excluding carboxylic acids is 1. The van der Waals surface area contributed by atoms with Gasteiger partial charge in [0, 0.05) is 22.6 Å². The van der Waals surface area contributed by atoms with Gasteiger partial charge in [0.1, 0.15) is 5.69 Å². The Morgan fingerprint density at radius 2 is 2.08 bits per heavy atom. The minimum Gasteiger partial charge on any atom is -0.467 e. The summed E-state index contributed by atoms with van der Waals surface area (Å²) in [5, 5.41) is 14.4. The van der Waals surface area contributed by atoms with Crippen molar-refractivity contribution in [1.29, 1.82) is 0 Å². The second kappa shape index (κ2) is 8.82. The second-order valence-electron chi connectivity index (χ2n) is 6.30. The van der Waals surface area contributed by atoms with Gasteiger partial charge in [-0.1, -0.05) is 34.5 Å². The highest BCUT2D eigenvalue weighted by Crippen LogP contribution is 2.44. The van der Waals surface area contributed by atoms with E-state index < -0.39 is 22.6 Å². The van der Waals surface area contributed by atoms with Gasteiger partial charge in [0.2, 0.25) is 0 Å². The van der Waals surface area contributed by atoms with Crippen LogP contribution in [0.2, 0.25) is 5.02 Å². The highest BCUT2D eigenvalue weighted by Gasteiger charge is 2.34. The first-order chi connectivity index (χ1) is 11.5. The molecule has 1 N–H and O–H groups in total. The van der Waals surface area contributed by atoms with Crippen molar-refractivity contribution in [2.24, 2.45) is 0 Å². The molecule has 0 aliphatic rings. The van der Waals surface area contributed by atoms with Crippen LogP contribution in [-0.4, -0.2) is 30.1 Å². The Kier molecular flexibility index (Phi) is 7.64. The molecule has 0 aromatic heterocycles. The van der Waals surface area contributed by atoms with Gasteiger partial charge in [-0.05, 0) is 27.2 Å². The van der Waals surface area contributed by atoms with Gasteiger partial charge < -0.3 is 14.8 Å². The molecule has 25 heavy (non-hydrogen) atoms. The van der Waals surface area contributed by atoms with Gasteiger partial charge in [-0.3, -0.25) is 10.1 Å². The van der Waals surface area contributed by atoms with E-state index in [2.05, 4.69) is 21.2 Å². The largest absolute Gasteiger partial charge is 0.467 e. The number of nitro groups is 1. The van der Waals surface area contributed by atoms with Gasteiger partial charge in [0.05, 0.1) is 22.7 Å². The molecule has 0 spiro atoms. The van der Waals surface area contributed by atoms with Crippen LogP contribution in [0.5, 0.6) is 0 Å². The third-order valence-corrected chi connectivity index (χ3v) is 4.18. The number of methoxy groups -OCH3 is 1. The minimum atomic E-state index is -1.13. The molecule has 1 aromatic carbocycles. The van der Waals surface area contributed by atoms with Crippen molar-refractivity contribution in [2.45, 2.75) is 45.8 Å². The number of rotatable bonds is 7. The van der Waals surface area contributed by atoms with Crippen LogP contribution in [0, 0.1) is 10.1 Å². The lowest BCUT2D eigenvalue weighted by atomic mass is 10.0. The number of carbonyl (C=O) groups is 1. The molecule has 0 bridgehead atoms. The molecule has 0 saturated heterocycles. The average Bonchev–Trinajstić information content (AvgIpc) is 2.50. The van der Waals surface area contributed by atoms with E-state index >= 15 is 0 Å². The monoisotopic (exact) mass is 436 g/mol. The van der Waals surface area contributed by atoms with Crippen molar-refractivity contribution in [3.05, 3.63) is 31.2 Å². The number of ether oxygens (including phenoxy) is 2. The smallest absolute Gasteiger partial charge is 0.339 e. The predicted molar refractivity (Wildman–Crippen MR) is 100 cm³/mol. The maximum absolute atomic E-state index is 12.3. The minimum absolute atomic E-state index is 0.0502. The first kappa shape index (κ1) is 21.7. The number of halogens is 2. The molecule has 140 valence electrons. The molecule has 0 radical (unpaired) electrons. The molecule has 1 aromatic rings. The Labute approximate surface area is 160 Å². The lowest BCUT2D eigenvalue weighted by molar-refractivity contribution is -0.384. The van der Waals surface area contributed by atoms with E-state index in [0.29, 0.717) is 11.0 Å². The van der Waals surface area contributed by atoms with Crippen LogP contribution in [0.15, 0.2) is 10.5 Å². The standard InChI is InChI=1S/C16H22BrClN2O5/c1-6-7-19-13-10(20(22)23)8-9(17)11(12(13)18)14(15(21)24-5)25-16(2,3)4/h8,14,19H,6-7H2,1-5H3. The summed E-state index contributed by atoms with van der Waals surface area (Å²) in [6.07, 6.45) is -0.382. The quantitative estimate of drug-likeness (QED) is 0.372. The summed E-state index contributed by atoms with van der Waals surface area (Å²) in [7, 11) is 1.24. The number of anilines is 1. The van der Waals surface area contributed by atoms with Gasteiger partial charge in [-0.2, -0.15) is 0 Å². The lowest BCUT2D eigenvalue weighted by Crippen LogP contribution is -2.29. The number of nitro benzene ring substituents is 1. The molecule has 7 nitrogen and oxygen atoms in total. The van der Waals surface area contributed by atoms with Gasteiger partial charge in [0.15, 0.2) is 6.10 Å². The first-order valence-electron chi connectivity index (χ1n) is 7.69. The van der Waals surface area contributed by atoms with Crippen LogP contribution in [-0.2, 0) is 14.3 Å². The van der Waals surface area contributed by atoms with Crippen LogP contribution >= 0.6 is 27.5 Å². The Bertz CT molecular complexity index is 661. The van der Waals surface area contributed by atoms with Crippen LogP contribution in [0.25, 0.3) is 0 Å². The van der Waals surface area contributed by atoms with Crippen molar-refractivity contribution in [3.8, 4) is 0 Å². The van der Waals surface area contributed by atoms with Crippen LogP contribution in [0.3, 0.4) is 0 Å². The van der Waals surface area contributed by atoms with Crippen molar-refractivity contribution in [2.75, 3.05) is 19.0 Å². The highest BCUT2D eigenvalue weighted by molar-refractivity contribution is 9.10. The summed E-state index contributed by atoms with van der Waals surface area (Å²) in [6, 6.07) is 1.31.